The average Bonchev–Trinajstić information content (AvgIpc) is 2.91. The van der Waals surface area contributed by atoms with Crippen molar-refractivity contribution in [1.29, 1.82) is 0 Å². The Balaban J connectivity index is 2.06. The molecule has 0 unspecified atom stereocenters. The normalized spacial score (nSPS) is 12.9. The van der Waals surface area contributed by atoms with Gasteiger partial charge in [0.1, 0.15) is 12.6 Å². The number of anilines is 1. The highest BCUT2D eigenvalue weighted by Crippen LogP contribution is 2.29. The maximum Gasteiger partial charge on any atom is 0.264 e. The molecule has 0 aliphatic heterocycles. The minimum Gasteiger partial charge on any atom is -0.352 e. The lowest BCUT2D eigenvalue weighted by Gasteiger charge is -2.32. The van der Waals surface area contributed by atoms with Gasteiger partial charge in [0, 0.05) is 33.2 Å². The van der Waals surface area contributed by atoms with E-state index in [9.17, 15) is 18.0 Å². The average molecular weight is 625 g/mol. The third kappa shape index (κ3) is 7.69. The Bertz CT molecular complexity index is 1430. The molecule has 3 rings (SSSR count). The molecule has 0 saturated heterocycles. The molecule has 0 heterocycles. The lowest BCUT2D eigenvalue weighted by Crippen LogP contribution is -2.52. The Morgan fingerprint density at radius 2 is 1.48 bits per heavy atom. The second-order valence-corrected chi connectivity index (χ2v) is 12.6. The summed E-state index contributed by atoms with van der Waals surface area (Å²) in [7, 11) is -4.18. The Hall–Kier alpha value is -2.78. The van der Waals surface area contributed by atoms with E-state index in [-0.39, 0.29) is 29.1 Å². The molecule has 40 heavy (non-hydrogen) atoms. The predicted octanol–water partition coefficient (Wildman–Crippen LogP) is 6.48. The first kappa shape index (κ1) is 31.7. The van der Waals surface area contributed by atoms with Gasteiger partial charge in [-0.15, -0.1) is 0 Å². The lowest BCUT2D eigenvalue weighted by molar-refractivity contribution is -0.139. The van der Waals surface area contributed by atoms with Crippen LogP contribution in [0.15, 0.2) is 71.6 Å². The van der Waals surface area contributed by atoms with E-state index in [1.165, 1.54) is 29.2 Å². The number of sulfonamides is 1. The number of carbonyl (C=O) groups is 2. The zero-order valence-electron chi connectivity index (χ0n) is 22.7. The van der Waals surface area contributed by atoms with E-state index in [1.807, 2.05) is 20.8 Å². The minimum absolute atomic E-state index is 0.0177. The molecular weight excluding hydrogens is 593 g/mol. The van der Waals surface area contributed by atoms with E-state index in [0.717, 1.165) is 9.87 Å². The molecule has 0 fully saturated rings. The number of aryl methyl sites for hydroxylation is 1. The molecule has 0 aliphatic rings. The molecule has 214 valence electrons. The van der Waals surface area contributed by atoms with Crippen LogP contribution >= 0.6 is 34.8 Å². The molecule has 0 aromatic heterocycles. The quantitative estimate of drug-likeness (QED) is 0.265. The molecule has 2 amide bonds. The van der Waals surface area contributed by atoms with Gasteiger partial charge in [-0.25, -0.2) is 8.42 Å². The number of amides is 2. The van der Waals surface area contributed by atoms with Crippen LogP contribution in [-0.2, 0) is 26.2 Å². The van der Waals surface area contributed by atoms with Gasteiger partial charge in [0.15, 0.2) is 0 Å². The van der Waals surface area contributed by atoms with Gasteiger partial charge in [0.2, 0.25) is 11.8 Å². The largest absolute Gasteiger partial charge is 0.352 e. The standard InChI is InChI=1S/C29H32Cl3N3O4S/c1-5-20(3)33-29(37)21(4)34(17-25-26(31)7-6-8-27(25)32)28(36)18-35(23-13-11-22(30)12-14-23)40(38,39)24-15-9-19(2)10-16-24/h6-16,20-21H,5,17-18H2,1-4H3,(H,33,37)/t20-,21+/m0/s1. The number of nitrogens with one attached hydrogen (secondary N) is 1. The number of halogens is 3. The van der Waals surface area contributed by atoms with Crippen LogP contribution in [0.3, 0.4) is 0 Å². The van der Waals surface area contributed by atoms with Crippen molar-refractivity contribution in [3.05, 3.63) is 92.9 Å². The van der Waals surface area contributed by atoms with Crippen LogP contribution in [0, 0.1) is 6.92 Å². The summed E-state index contributed by atoms with van der Waals surface area (Å²) in [4.78, 5) is 28.4. The molecule has 0 saturated carbocycles. The zero-order chi connectivity index (χ0) is 29.6. The molecule has 7 nitrogen and oxygen atoms in total. The Kier molecular flexibility index (Phi) is 10.9. The highest BCUT2D eigenvalue weighted by molar-refractivity contribution is 7.92. The predicted molar refractivity (Wildman–Crippen MR) is 162 cm³/mol. The summed E-state index contributed by atoms with van der Waals surface area (Å²) in [5.41, 5.74) is 1.57. The monoisotopic (exact) mass is 623 g/mol. The van der Waals surface area contributed by atoms with Gasteiger partial charge in [-0.2, -0.15) is 0 Å². The Labute approximate surface area is 251 Å². The SMILES string of the molecule is CC[C@H](C)NC(=O)[C@@H](C)N(Cc1c(Cl)cccc1Cl)C(=O)CN(c1ccc(Cl)cc1)S(=O)(=O)c1ccc(C)cc1. The van der Waals surface area contributed by atoms with Crippen molar-refractivity contribution in [2.24, 2.45) is 0 Å². The second kappa shape index (κ2) is 13.7. The van der Waals surface area contributed by atoms with Crippen LogP contribution in [0.5, 0.6) is 0 Å². The van der Waals surface area contributed by atoms with Crippen LogP contribution < -0.4 is 9.62 Å². The van der Waals surface area contributed by atoms with E-state index in [2.05, 4.69) is 5.32 Å². The van der Waals surface area contributed by atoms with Crippen molar-refractivity contribution in [2.45, 2.75) is 57.6 Å². The van der Waals surface area contributed by atoms with E-state index < -0.39 is 28.5 Å². The van der Waals surface area contributed by atoms with E-state index >= 15 is 0 Å². The van der Waals surface area contributed by atoms with Gasteiger partial charge in [0.25, 0.3) is 10.0 Å². The van der Waals surface area contributed by atoms with Crippen LogP contribution in [0.4, 0.5) is 5.69 Å². The number of rotatable bonds is 11. The minimum atomic E-state index is -4.18. The van der Waals surface area contributed by atoms with Crippen molar-refractivity contribution in [3.63, 3.8) is 0 Å². The molecule has 0 bridgehead atoms. The molecular formula is C29H32Cl3N3O4S. The lowest BCUT2D eigenvalue weighted by atomic mass is 10.1. The molecule has 3 aromatic rings. The topological polar surface area (TPSA) is 86.8 Å². The summed E-state index contributed by atoms with van der Waals surface area (Å²) >= 11 is 18.9. The fourth-order valence-corrected chi connectivity index (χ4v) is 5.93. The van der Waals surface area contributed by atoms with Gasteiger partial charge in [-0.05, 0) is 75.7 Å². The summed E-state index contributed by atoms with van der Waals surface area (Å²) in [6.45, 7) is 6.54. The summed E-state index contributed by atoms with van der Waals surface area (Å²) in [6, 6.07) is 16.3. The summed E-state index contributed by atoms with van der Waals surface area (Å²) in [5, 5.41) is 3.94. The van der Waals surface area contributed by atoms with E-state index in [1.54, 1.807) is 49.4 Å². The summed E-state index contributed by atoms with van der Waals surface area (Å²) in [6.07, 6.45) is 0.696. The maximum atomic E-state index is 14.0. The van der Waals surface area contributed by atoms with Gasteiger partial charge in [0.05, 0.1) is 10.6 Å². The number of benzene rings is 3. The highest BCUT2D eigenvalue weighted by Gasteiger charge is 2.33. The molecule has 0 aliphatic carbocycles. The number of carbonyl (C=O) groups excluding carboxylic acids is 2. The third-order valence-electron chi connectivity index (χ3n) is 6.56. The Morgan fingerprint density at radius 1 is 0.900 bits per heavy atom. The molecule has 11 heteroatoms. The first-order valence-electron chi connectivity index (χ1n) is 12.7. The summed E-state index contributed by atoms with van der Waals surface area (Å²) in [5.74, 6) is -1.00. The number of hydrogen-bond acceptors (Lipinski definition) is 4. The van der Waals surface area contributed by atoms with Gasteiger partial charge in [-0.3, -0.25) is 13.9 Å². The molecule has 0 spiro atoms. The fraction of sp³-hybridized carbons (Fsp3) is 0.310. The van der Waals surface area contributed by atoms with Gasteiger partial charge >= 0.3 is 0 Å². The van der Waals surface area contributed by atoms with E-state index in [4.69, 9.17) is 34.8 Å². The molecule has 1 N–H and O–H groups in total. The summed E-state index contributed by atoms with van der Waals surface area (Å²) < 4.78 is 28.7. The number of nitrogens with zero attached hydrogens (tertiary/aromatic N) is 2. The number of hydrogen-bond donors (Lipinski definition) is 1. The molecule has 0 radical (unpaired) electrons. The van der Waals surface area contributed by atoms with Crippen molar-refractivity contribution in [1.82, 2.24) is 10.2 Å². The van der Waals surface area contributed by atoms with Crippen molar-refractivity contribution < 1.29 is 18.0 Å². The highest BCUT2D eigenvalue weighted by atomic mass is 35.5. The van der Waals surface area contributed by atoms with Gasteiger partial charge in [-0.1, -0.05) is 65.5 Å². The van der Waals surface area contributed by atoms with Crippen LogP contribution in [0.2, 0.25) is 15.1 Å². The van der Waals surface area contributed by atoms with Crippen molar-refractivity contribution >= 4 is 62.3 Å². The first-order valence-corrected chi connectivity index (χ1v) is 15.3. The van der Waals surface area contributed by atoms with Crippen LogP contribution in [0.1, 0.15) is 38.3 Å². The van der Waals surface area contributed by atoms with Crippen molar-refractivity contribution in [2.75, 3.05) is 10.8 Å². The zero-order valence-corrected chi connectivity index (χ0v) is 25.8. The van der Waals surface area contributed by atoms with Gasteiger partial charge < -0.3 is 10.2 Å². The van der Waals surface area contributed by atoms with E-state index in [0.29, 0.717) is 27.1 Å². The smallest absolute Gasteiger partial charge is 0.264 e. The molecule has 3 aromatic carbocycles. The van der Waals surface area contributed by atoms with Crippen LogP contribution in [-0.4, -0.2) is 43.8 Å². The van der Waals surface area contributed by atoms with Crippen LogP contribution in [0.25, 0.3) is 0 Å². The second-order valence-electron chi connectivity index (χ2n) is 9.52. The fourth-order valence-electron chi connectivity index (χ4n) is 3.88. The van der Waals surface area contributed by atoms with Crippen molar-refractivity contribution in [3.8, 4) is 0 Å². The maximum absolute atomic E-state index is 14.0. The molecule has 2 atom stereocenters. The Morgan fingerprint density at radius 3 is 2.02 bits per heavy atom. The first-order chi connectivity index (χ1) is 18.8. The third-order valence-corrected chi connectivity index (χ3v) is 9.31.